The van der Waals surface area contributed by atoms with Crippen LogP contribution in [0.4, 0.5) is 0 Å². The average molecular weight is 229 g/mol. The summed E-state index contributed by atoms with van der Waals surface area (Å²) in [4.78, 5) is 15.1. The SMILES string of the molecule is [C-]#[N+]C1(c2ccc(C(=O)OC)cc2)CCCC1. The fourth-order valence-corrected chi connectivity index (χ4v) is 2.46. The van der Waals surface area contributed by atoms with Crippen molar-refractivity contribution < 1.29 is 9.53 Å². The van der Waals surface area contributed by atoms with Gasteiger partial charge in [0.15, 0.2) is 0 Å². The zero-order valence-corrected chi connectivity index (χ0v) is 9.90. The van der Waals surface area contributed by atoms with Gasteiger partial charge in [0.1, 0.15) is 0 Å². The maximum absolute atomic E-state index is 11.3. The molecule has 1 aliphatic rings. The Bertz CT molecular complexity index is 450. The lowest BCUT2D eigenvalue weighted by molar-refractivity contribution is 0.0600. The van der Waals surface area contributed by atoms with Crippen LogP contribution in [0, 0.1) is 6.57 Å². The summed E-state index contributed by atoms with van der Waals surface area (Å²) in [5.41, 5.74) is 1.21. The van der Waals surface area contributed by atoms with E-state index in [2.05, 4.69) is 9.58 Å². The van der Waals surface area contributed by atoms with Gasteiger partial charge < -0.3 is 9.58 Å². The van der Waals surface area contributed by atoms with E-state index in [0.717, 1.165) is 31.2 Å². The molecule has 2 rings (SSSR count). The quantitative estimate of drug-likeness (QED) is 0.576. The van der Waals surface area contributed by atoms with Gasteiger partial charge in [-0.3, -0.25) is 0 Å². The Balaban J connectivity index is 2.29. The molecule has 1 saturated carbocycles. The molecule has 1 aromatic carbocycles. The summed E-state index contributed by atoms with van der Waals surface area (Å²) < 4.78 is 4.65. The molecule has 1 aromatic rings. The van der Waals surface area contributed by atoms with Gasteiger partial charge in [-0.15, -0.1) is 0 Å². The fourth-order valence-electron chi connectivity index (χ4n) is 2.46. The van der Waals surface area contributed by atoms with Crippen molar-refractivity contribution in [1.82, 2.24) is 0 Å². The van der Waals surface area contributed by atoms with Crippen LogP contribution in [0.15, 0.2) is 24.3 Å². The predicted octanol–water partition coefficient (Wildman–Crippen LogP) is 3.16. The van der Waals surface area contributed by atoms with Gasteiger partial charge in [0.05, 0.1) is 12.7 Å². The molecule has 0 amide bonds. The van der Waals surface area contributed by atoms with E-state index in [4.69, 9.17) is 6.57 Å². The fraction of sp³-hybridized carbons (Fsp3) is 0.429. The van der Waals surface area contributed by atoms with Crippen molar-refractivity contribution in [2.24, 2.45) is 0 Å². The number of hydrogen-bond donors (Lipinski definition) is 0. The van der Waals surface area contributed by atoms with E-state index in [0.29, 0.717) is 5.56 Å². The number of carbonyl (C=O) groups is 1. The van der Waals surface area contributed by atoms with Crippen LogP contribution in [0.5, 0.6) is 0 Å². The molecule has 0 heterocycles. The standard InChI is InChI=1S/C14H15NO2/c1-15-14(9-3-4-10-14)12-7-5-11(6-8-12)13(16)17-2/h5-8H,3-4,9-10H2,2H3. The average Bonchev–Trinajstić information content (AvgIpc) is 2.88. The van der Waals surface area contributed by atoms with Gasteiger partial charge in [-0.05, 0) is 25.0 Å². The van der Waals surface area contributed by atoms with Crippen molar-refractivity contribution in [3.05, 3.63) is 46.8 Å². The first-order valence-electron chi connectivity index (χ1n) is 5.79. The first kappa shape index (κ1) is 11.7. The normalized spacial score (nSPS) is 17.4. The van der Waals surface area contributed by atoms with E-state index in [9.17, 15) is 4.79 Å². The van der Waals surface area contributed by atoms with E-state index in [1.807, 2.05) is 12.1 Å². The number of hydrogen-bond acceptors (Lipinski definition) is 2. The largest absolute Gasteiger partial charge is 0.465 e. The van der Waals surface area contributed by atoms with Gasteiger partial charge in [-0.25, -0.2) is 11.4 Å². The van der Waals surface area contributed by atoms with Gasteiger partial charge in [-0.1, -0.05) is 12.1 Å². The Morgan fingerprint density at radius 3 is 2.35 bits per heavy atom. The van der Waals surface area contributed by atoms with Gasteiger partial charge in [0.25, 0.3) is 5.54 Å². The summed E-state index contributed by atoms with van der Waals surface area (Å²) in [7, 11) is 1.37. The molecule has 0 aliphatic heterocycles. The molecule has 3 heteroatoms. The van der Waals surface area contributed by atoms with Gasteiger partial charge in [-0.2, -0.15) is 0 Å². The number of rotatable bonds is 2. The van der Waals surface area contributed by atoms with E-state index < -0.39 is 0 Å². The van der Waals surface area contributed by atoms with E-state index in [1.54, 1.807) is 12.1 Å². The first-order chi connectivity index (χ1) is 8.22. The van der Waals surface area contributed by atoms with Crippen LogP contribution in [-0.2, 0) is 10.3 Å². The Morgan fingerprint density at radius 2 is 1.88 bits per heavy atom. The summed E-state index contributed by atoms with van der Waals surface area (Å²) in [6.45, 7) is 7.39. The Morgan fingerprint density at radius 1 is 1.29 bits per heavy atom. The third-order valence-electron chi connectivity index (χ3n) is 3.49. The summed E-state index contributed by atoms with van der Waals surface area (Å²) in [5.74, 6) is -0.333. The van der Waals surface area contributed by atoms with Gasteiger partial charge in [0.2, 0.25) is 0 Å². The summed E-state index contributed by atoms with van der Waals surface area (Å²) >= 11 is 0. The van der Waals surface area contributed by atoms with Crippen molar-refractivity contribution in [2.45, 2.75) is 31.2 Å². The Kier molecular flexibility index (Phi) is 3.14. The molecule has 0 N–H and O–H groups in total. The number of carbonyl (C=O) groups excluding carboxylic acids is 1. The van der Waals surface area contributed by atoms with Crippen molar-refractivity contribution >= 4 is 5.97 Å². The predicted molar refractivity (Wildman–Crippen MR) is 64.5 cm³/mol. The van der Waals surface area contributed by atoms with Crippen LogP contribution >= 0.6 is 0 Å². The van der Waals surface area contributed by atoms with Crippen LogP contribution in [0.25, 0.3) is 4.85 Å². The second-order valence-electron chi connectivity index (χ2n) is 4.42. The molecule has 0 atom stereocenters. The van der Waals surface area contributed by atoms with Crippen molar-refractivity contribution in [3.8, 4) is 0 Å². The van der Waals surface area contributed by atoms with Crippen molar-refractivity contribution in [2.75, 3.05) is 7.11 Å². The molecule has 3 nitrogen and oxygen atoms in total. The zero-order valence-electron chi connectivity index (χ0n) is 9.90. The maximum Gasteiger partial charge on any atom is 0.337 e. The monoisotopic (exact) mass is 229 g/mol. The molecule has 0 saturated heterocycles. The minimum Gasteiger partial charge on any atom is -0.465 e. The first-order valence-corrected chi connectivity index (χ1v) is 5.79. The molecule has 88 valence electrons. The van der Waals surface area contributed by atoms with Crippen LogP contribution in [0.2, 0.25) is 0 Å². The molecular weight excluding hydrogens is 214 g/mol. The lowest BCUT2D eigenvalue weighted by Gasteiger charge is -2.16. The number of methoxy groups -OCH3 is 1. The van der Waals surface area contributed by atoms with Crippen molar-refractivity contribution in [1.29, 1.82) is 0 Å². The highest BCUT2D eigenvalue weighted by Gasteiger charge is 2.41. The number of nitrogens with zero attached hydrogens (tertiary/aromatic N) is 1. The zero-order chi connectivity index (χ0) is 12.3. The Labute approximate surface area is 101 Å². The topological polar surface area (TPSA) is 30.7 Å². The summed E-state index contributed by atoms with van der Waals surface area (Å²) in [6, 6.07) is 7.25. The van der Waals surface area contributed by atoms with Gasteiger partial charge in [0, 0.05) is 18.4 Å². The highest BCUT2D eigenvalue weighted by molar-refractivity contribution is 5.89. The second-order valence-corrected chi connectivity index (χ2v) is 4.42. The van der Waals surface area contributed by atoms with Crippen LogP contribution < -0.4 is 0 Å². The molecular formula is C14H15NO2. The van der Waals surface area contributed by atoms with Crippen molar-refractivity contribution in [3.63, 3.8) is 0 Å². The maximum atomic E-state index is 11.3. The lowest BCUT2D eigenvalue weighted by atomic mass is 9.88. The summed E-state index contributed by atoms with van der Waals surface area (Å²) in [6.07, 6.45) is 4.07. The second kappa shape index (κ2) is 4.58. The molecule has 17 heavy (non-hydrogen) atoms. The number of esters is 1. The van der Waals surface area contributed by atoms with E-state index in [1.165, 1.54) is 7.11 Å². The Hall–Kier alpha value is -1.82. The summed E-state index contributed by atoms with van der Waals surface area (Å²) in [5, 5.41) is 0. The molecule has 1 fully saturated rings. The molecule has 0 unspecified atom stereocenters. The third kappa shape index (κ3) is 2.03. The molecule has 0 radical (unpaired) electrons. The highest BCUT2D eigenvalue weighted by atomic mass is 16.5. The molecule has 0 aromatic heterocycles. The number of ether oxygens (including phenoxy) is 1. The van der Waals surface area contributed by atoms with Gasteiger partial charge >= 0.3 is 5.97 Å². The lowest BCUT2D eigenvalue weighted by Crippen LogP contribution is -2.16. The van der Waals surface area contributed by atoms with Crippen LogP contribution in [0.3, 0.4) is 0 Å². The van der Waals surface area contributed by atoms with Crippen LogP contribution in [-0.4, -0.2) is 13.1 Å². The van der Waals surface area contributed by atoms with Crippen LogP contribution in [0.1, 0.15) is 41.6 Å². The third-order valence-corrected chi connectivity index (χ3v) is 3.49. The van der Waals surface area contributed by atoms with E-state index >= 15 is 0 Å². The van der Waals surface area contributed by atoms with E-state index in [-0.39, 0.29) is 11.5 Å². The molecule has 0 bridgehead atoms. The minimum atomic E-state index is -0.353. The molecule has 0 spiro atoms. The minimum absolute atomic E-state index is 0.333. The highest BCUT2D eigenvalue weighted by Crippen LogP contribution is 2.42. The molecule has 1 aliphatic carbocycles. The smallest absolute Gasteiger partial charge is 0.337 e. The number of benzene rings is 1.